The van der Waals surface area contributed by atoms with E-state index in [-0.39, 0.29) is 36.8 Å². The van der Waals surface area contributed by atoms with Gasteiger partial charge in [-0.3, -0.25) is 9.36 Å². The molecule has 128 valence electrons. The van der Waals surface area contributed by atoms with Crippen molar-refractivity contribution in [3.05, 3.63) is 22.7 Å². The standard InChI is InChI=1S/C15H23N3O5/c1-9(2)5-14(20)22-8-11-10(7-19)6-13(23-11)18-4-3-12(16)17-15(18)21/h3-4,9-11,13,19H,5-8H2,1-2H3,(H2,16,17,21)/t10?,11-,13-/m0/s1. The number of nitrogens with two attached hydrogens (primary N) is 1. The first kappa shape index (κ1) is 17.4. The molecule has 0 radical (unpaired) electrons. The largest absolute Gasteiger partial charge is 0.463 e. The zero-order valence-electron chi connectivity index (χ0n) is 13.3. The number of hydrogen-bond acceptors (Lipinski definition) is 7. The second-order valence-corrected chi connectivity index (χ2v) is 6.13. The first-order valence-corrected chi connectivity index (χ1v) is 7.67. The van der Waals surface area contributed by atoms with Gasteiger partial charge in [0.2, 0.25) is 0 Å². The Hall–Kier alpha value is -1.93. The first-order valence-electron chi connectivity index (χ1n) is 7.67. The highest BCUT2D eigenvalue weighted by atomic mass is 16.6. The first-order chi connectivity index (χ1) is 10.9. The van der Waals surface area contributed by atoms with Gasteiger partial charge in [-0.1, -0.05) is 13.8 Å². The van der Waals surface area contributed by atoms with Gasteiger partial charge in [-0.15, -0.1) is 0 Å². The number of esters is 1. The van der Waals surface area contributed by atoms with Crippen LogP contribution in [0.2, 0.25) is 0 Å². The Morgan fingerprint density at radius 2 is 2.35 bits per heavy atom. The predicted molar refractivity (Wildman–Crippen MR) is 82.4 cm³/mol. The van der Waals surface area contributed by atoms with E-state index in [2.05, 4.69) is 4.98 Å². The lowest BCUT2D eigenvalue weighted by Crippen LogP contribution is -2.29. The highest BCUT2D eigenvalue weighted by Gasteiger charge is 2.37. The van der Waals surface area contributed by atoms with Crippen LogP contribution < -0.4 is 11.4 Å². The molecule has 0 spiro atoms. The molecule has 1 saturated heterocycles. The number of ether oxygens (including phenoxy) is 2. The molecule has 0 bridgehead atoms. The van der Waals surface area contributed by atoms with Crippen LogP contribution in [0.3, 0.4) is 0 Å². The number of hydrogen-bond donors (Lipinski definition) is 2. The van der Waals surface area contributed by atoms with Crippen molar-refractivity contribution in [2.24, 2.45) is 11.8 Å². The SMILES string of the molecule is CC(C)CC(=O)OC[C@@H]1O[C@H](n2ccc(N)nc2=O)CC1CO. The molecule has 1 aliphatic rings. The smallest absolute Gasteiger partial charge is 0.351 e. The molecule has 2 rings (SSSR count). The van der Waals surface area contributed by atoms with E-state index in [0.717, 1.165) is 0 Å². The van der Waals surface area contributed by atoms with Crippen LogP contribution in [-0.4, -0.2) is 39.9 Å². The molecule has 3 N–H and O–H groups in total. The summed E-state index contributed by atoms with van der Waals surface area (Å²) >= 11 is 0. The second-order valence-electron chi connectivity index (χ2n) is 6.13. The van der Waals surface area contributed by atoms with Gasteiger partial charge >= 0.3 is 11.7 Å². The van der Waals surface area contributed by atoms with Crippen molar-refractivity contribution < 1.29 is 19.4 Å². The van der Waals surface area contributed by atoms with E-state index < -0.39 is 18.0 Å². The molecule has 1 aromatic rings. The van der Waals surface area contributed by atoms with E-state index in [0.29, 0.717) is 12.8 Å². The van der Waals surface area contributed by atoms with E-state index in [1.54, 1.807) is 0 Å². The van der Waals surface area contributed by atoms with Crippen LogP contribution in [-0.2, 0) is 14.3 Å². The van der Waals surface area contributed by atoms with Crippen LogP contribution in [0.4, 0.5) is 5.82 Å². The van der Waals surface area contributed by atoms with E-state index in [4.69, 9.17) is 15.2 Å². The molecule has 2 heterocycles. The van der Waals surface area contributed by atoms with Crippen molar-refractivity contribution in [3.63, 3.8) is 0 Å². The van der Waals surface area contributed by atoms with Crippen LogP contribution in [0, 0.1) is 11.8 Å². The monoisotopic (exact) mass is 325 g/mol. The molecule has 23 heavy (non-hydrogen) atoms. The van der Waals surface area contributed by atoms with Gasteiger partial charge in [0.15, 0.2) is 0 Å². The van der Waals surface area contributed by atoms with Crippen molar-refractivity contribution in [2.45, 2.75) is 39.0 Å². The summed E-state index contributed by atoms with van der Waals surface area (Å²) in [6.45, 7) is 3.81. The van der Waals surface area contributed by atoms with Crippen molar-refractivity contribution in [3.8, 4) is 0 Å². The van der Waals surface area contributed by atoms with Gasteiger partial charge in [-0.2, -0.15) is 4.98 Å². The van der Waals surface area contributed by atoms with Crippen LogP contribution in [0.15, 0.2) is 17.1 Å². The average Bonchev–Trinajstić information content (AvgIpc) is 2.87. The van der Waals surface area contributed by atoms with Gasteiger partial charge in [-0.25, -0.2) is 4.79 Å². The molecule has 0 saturated carbocycles. The predicted octanol–water partition coefficient (Wildman–Crippen LogP) is 0.311. The van der Waals surface area contributed by atoms with E-state index in [1.807, 2.05) is 13.8 Å². The molecule has 1 aromatic heterocycles. The highest BCUT2D eigenvalue weighted by molar-refractivity contribution is 5.69. The maximum absolute atomic E-state index is 11.9. The number of aromatic nitrogens is 2. The summed E-state index contributed by atoms with van der Waals surface area (Å²) < 4.78 is 12.3. The average molecular weight is 325 g/mol. The summed E-state index contributed by atoms with van der Waals surface area (Å²) in [5, 5.41) is 9.48. The maximum Gasteiger partial charge on any atom is 0.351 e. The number of nitrogens with zero attached hydrogens (tertiary/aromatic N) is 2. The minimum absolute atomic E-state index is 0.0600. The quantitative estimate of drug-likeness (QED) is 0.723. The van der Waals surface area contributed by atoms with Crippen molar-refractivity contribution in [2.75, 3.05) is 18.9 Å². The Labute approximate surface area is 134 Å². The van der Waals surface area contributed by atoms with Gasteiger partial charge in [0.05, 0.1) is 6.10 Å². The summed E-state index contributed by atoms with van der Waals surface area (Å²) in [5.41, 5.74) is 4.95. The molecule has 0 aromatic carbocycles. The van der Waals surface area contributed by atoms with E-state index in [1.165, 1.54) is 16.8 Å². The van der Waals surface area contributed by atoms with Gasteiger partial charge in [0.25, 0.3) is 0 Å². The minimum Gasteiger partial charge on any atom is -0.463 e. The van der Waals surface area contributed by atoms with Gasteiger partial charge in [-0.05, 0) is 12.0 Å². The maximum atomic E-state index is 11.9. The van der Waals surface area contributed by atoms with Crippen molar-refractivity contribution in [1.82, 2.24) is 9.55 Å². The molecule has 8 heteroatoms. The highest BCUT2D eigenvalue weighted by Crippen LogP contribution is 2.32. The molecular formula is C15H23N3O5. The molecule has 1 aliphatic heterocycles. The molecule has 0 aliphatic carbocycles. The number of rotatable bonds is 6. The number of aliphatic hydroxyl groups is 1. The van der Waals surface area contributed by atoms with Crippen molar-refractivity contribution >= 4 is 11.8 Å². The minimum atomic E-state index is -0.554. The summed E-state index contributed by atoms with van der Waals surface area (Å²) in [6.07, 6.45) is 1.28. The van der Waals surface area contributed by atoms with E-state index in [9.17, 15) is 14.7 Å². The summed E-state index contributed by atoms with van der Waals surface area (Å²) in [6, 6.07) is 1.51. The second kappa shape index (κ2) is 7.56. The van der Waals surface area contributed by atoms with Gasteiger partial charge in [0.1, 0.15) is 18.7 Å². The molecule has 1 unspecified atom stereocenters. The topological polar surface area (TPSA) is 117 Å². The molecular weight excluding hydrogens is 302 g/mol. The van der Waals surface area contributed by atoms with Gasteiger partial charge in [0, 0.05) is 31.6 Å². The Morgan fingerprint density at radius 3 is 2.96 bits per heavy atom. The Bertz CT molecular complexity index is 601. The third kappa shape index (κ3) is 4.52. The molecule has 1 fully saturated rings. The lowest BCUT2D eigenvalue weighted by molar-refractivity contribution is -0.150. The fourth-order valence-corrected chi connectivity index (χ4v) is 2.54. The van der Waals surface area contributed by atoms with Crippen LogP contribution in [0.1, 0.15) is 32.9 Å². The molecule has 8 nitrogen and oxygen atoms in total. The third-order valence-electron chi connectivity index (χ3n) is 3.74. The molecule has 3 atom stereocenters. The summed E-state index contributed by atoms with van der Waals surface area (Å²) in [7, 11) is 0. The van der Waals surface area contributed by atoms with Crippen molar-refractivity contribution in [1.29, 1.82) is 0 Å². The normalized spacial score (nSPS) is 24.1. The molecule has 0 amide bonds. The fraction of sp³-hybridized carbons (Fsp3) is 0.667. The van der Waals surface area contributed by atoms with Crippen LogP contribution in [0.25, 0.3) is 0 Å². The summed E-state index contributed by atoms with van der Waals surface area (Å²) in [4.78, 5) is 27.1. The zero-order valence-corrected chi connectivity index (χ0v) is 13.3. The Balaban J connectivity index is 2.00. The summed E-state index contributed by atoms with van der Waals surface area (Å²) in [5.74, 6) is -0.152. The number of anilines is 1. The van der Waals surface area contributed by atoms with E-state index >= 15 is 0 Å². The number of carbonyl (C=O) groups excluding carboxylic acids is 1. The van der Waals surface area contributed by atoms with Crippen LogP contribution in [0.5, 0.6) is 0 Å². The lowest BCUT2D eigenvalue weighted by Gasteiger charge is -2.17. The Kier molecular flexibility index (Phi) is 5.73. The lowest BCUT2D eigenvalue weighted by atomic mass is 10.0. The van der Waals surface area contributed by atoms with Gasteiger partial charge < -0.3 is 20.3 Å². The Morgan fingerprint density at radius 1 is 1.61 bits per heavy atom. The zero-order chi connectivity index (χ0) is 17.0. The third-order valence-corrected chi connectivity index (χ3v) is 3.74. The van der Waals surface area contributed by atoms with Crippen LogP contribution >= 0.6 is 0 Å². The number of nitrogen functional groups attached to an aromatic ring is 1. The number of aliphatic hydroxyl groups excluding tert-OH is 1. The fourth-order valence-electron chi connectivity index (χ4n) is 2.54. The number of carbonyl (C=O) groups is 1.